The molecule has 1 fully saturated rings. The van der Waals surface area contributed by atoms with Crippen LogP contribution in [0.4, 0.5) is 0 Å². The SMILES string of the molecule is O=C(O)CC1(CNC(=O)Cc2cccs2)CCCCC1. The van der Waals surface area contributed by atoms with E-state index in [1.807, 2.05) is 17.5 Å². The quantitative estimate of drug-likeness (QED) is 0.848. The number of hydrogen-bond acceptors (Lipinski definition) is 3. The first-order chi connectivity index (χ1) is 9.60. The molecular weight excluding hydrogens is 274 g/mol. The monoisotopic (exact) mass is 295 g/mol. The van der Waals surface area contributed by atoms with Crippen LogP contribution < -0.4 is 5.32 Å². The average Bonchev–Trinajstić information content (AvgIpc) is 2.90. The third-order valence-electron chi connectivity index (χ3n) is 4.02. The highest BCUT2D eigenvalue weighted by atomic mass is 32.1. The van der Waals surface area contributed by atoms with Crippen LogP contribution in [0.25, 0.3) is 0 Å². The molecule has 1 heterocycles. The molecule has 110 valence electrons. The molecule has 1 saturated carbocycles. The van der Waals surface area contributed by atoms with Gasteiger partial charge in [0.15, 0.2) is 0 Å². The second-order valence-corrected chi connectivity index (χ2v) is 6.70. The average molecular weight is 295 g/mol. The van der Waals surface area contributed by atoms with Crippen LogP contribution in [0.1, 0.15) is 43.4 Å². The zero-order valence-electron chi connectivity index (χ0n) is 11.6. The summed E-state index contributed by atoms with van der Waals surface area (Å²) in [7, 11) is 0. The van der Waals surface area contributed by atoms with E-state index < -0.39 is 5.97 Å². The lowest BCUT2D eigenvalue weighted by Gasteiger charge is -2.36. The first kappa shape index (κ1) is 15.0. The van der Waals surface area contributed by atoms with Crippen LogP contribution >= 0.6 is 11.3 Å². The lowest BCUT2D eigenvalue weighted by Crippen LogP contribution is -2.40. The van der Waals surface area contributed by atoms with Crippen LogP contribution in [-0.4, -0.2) is 23.5 Å². The van der Waals surface area contributed by atoms with Crippen molar-refractivity contribution in [1.82, 2.24) is 5.32 Å². The van der Waals surface area contributed by atoms with E-state index in [4.69, 9.17) is 5.11 Å². The lowest BCUT2D eigenvalue weighted by atomic mass is 9.71. The number of carbonyl (C=O) groups excluding carboxylic acids is 1. The smallest absolute Gasteiger partial charge is 0.303 e. The number of hydrogen-bond donors (Lipinski definition) is 2. The Morgan fingerprint density at radius 2 is 2.05 bits per heavy atom. The molecule has 0 unspecified atom stereocenters. The van der Waals surface area contributed by atoms with Gasteiger partial charge in [-0.25, -0.2) is 0 Å². The van der Waals surface area contributed by atoms with Gasteiger partial charge in [0.2, 0.25) is 5.91 Å². The molecule has 0 aliphatic heterocycles. The first-order valence-electron chi connectivity index (χ1n) is 7.11. The third kappa shape index (κ3) is 4.34. The highest BCUT2D eigenvalue weighted by Crippen LogP contribution is 2.38. The Bertz CT molecular complexity index is 450. The Morgan fingerprint density at radius 3 is 2.65 bits per heavy atom. The molecule has 0 aromatic carbocycles. The molecule has 0 radical (unpaired) electrons. The van der Waals surface area contributed by atoms with Gasteiger partial charge in [-0.2, -0.15) is 0 Å². The van der Waals surface area contributed by atoms with Crippen molar-refractivity contribution in [2.75, 3.05) is 6.54 Å². The van der Waals surface area contributed by atoms with Gasteiger partial charge in [-0.3, -0.25) is 9.59 Å². The van der Waals surface area contributed by atoms with Crippen LogP contribution in [0.3, 0.4) is 0 Å². The fourth-order valence-corrected chi connectivity index (χ4v) is 3.66. The summed E-state index contributed by atoms with van der Waals surface area (Å²) in [5, 5.41) is 14.0. The van der Waals surface area contributed by atoms with E-state index in [-0.39, 0.29) is 17.7 Å². The number of rotatable bonds is 6. The Morgan fingerprint density at radius 1 is 1.30 bits per heavy atom. The molecule has 0 saturated heterocycles. The van der Waals surface area contributed by atoms with Crippen LogP contribution in [0.5, 0.6) is 0 Å². The van der Waals surface area contributed by atoms with Gasteiger partial charge >= 0.3 is 5.97 Å². The van der Waals surface area contributed by atoms with Gasteiger partial charge in [-0.15, -0.1) is 11.3 Å². The second-order valence-electron chi connectivity index (χ2n) is 5.66. The van der Waals surface area contributed by atoms with Crippen molar-refractivity contribution in [1.29, 1.82) is 0 Å². The summed E-state index contributed by atoms with van der Waals surface area (Å²) in [4.78, 5) is 24.0. The molecule has 5 heteroatoms. The van der Waals surface area contributed by atoms with E-state index in [1.54, 1.807) is 11.3 Å². The molecule has 1 aliphatic carbocycles. The fourth-order valence-electron chi connectivity index (χ4n) is 2.96. The Labute approximate surface area is 123 Å². The molecule has 0 spiro atoms. The van der Waals surface area contributed by atoms with Crippen LogP contribution in [-0.2, 0) is 16.0 Å². The van der Waals surface area contributed by atoms with E-state index in [9.17, 15) is 9.59 Å². The molecule has 2 rings (SSSR count). The highest BCUT2D eigenvalue weighted by molar-refractivity contribution is 7.10. The number of carboxylic acids is 1. The van der Waals surface area contributed by atoms with Gasteiger partial charge in [-0.05, 0) is 29.7 Å². The van der Waals surface area contributed by atoms with Crippen LogP contribution in [0, 0.1) is 5.41 Å². The van der Waals surface area contributed by atoms with E-state index in [0.29, 0.717) is 13.0 Å². The van der Waals surface area contributed by atoms with Crippen molar-refractivity contribution >= 4 is 23.2 Å². The summed E-state index contributed by atoms with van der Waals surface area (Å²) in [5.41, 5.74) is -0.241. The summed E-state index contributed by atoms with van der Waals surface area (Å²) in [6.07, 6.45) is 5.65. The first-order valence-corrected chi connectivity index (χ1v) is 7.99. The number of amides is 1. The van der Waals surface area contributed by atoms with Crippen LogP contribution in [0.2, 0.25) is 0 Å². The number of nitrogens with one attached hydrogen (secondary N) is 1. The topological polar surface area (TPSA) is 66.4 Å². The van der Waals surface area contributed by atoms with E-state index in [0.717, 1.165) is 30.6 Å². The van der Waals surface area contributed by atoms with Crippen LogP contribution in [0.15, 0.2) is 17.5 Å². The molecule has 0 bridgehead atoms. The molecular formula is C15H21NO3S. The standard InChI is InChI=1S/C15H21NO3S/c17-13(9-12-5-4-8-20-12)16-11-15(10-14(18)19)6-2-1-3-7-15/h4-5,8H,1-3,6-7,9-11H2,(H,16,17)(H,18,19). The van der Waals surface area contributed by atoms with Gasteiger partial charge in [-0.1, -0.05) is 25.3 Å². The predicted octanol–water partition coefficient (Wildman–Crippen LogP) is 2.83. The number of carbonyl (C=O) groups is 2. The highest BCUT2D eigenvalue weighted by Gasteiger charge is 2.34. The van der Waals surface area contributed by atoms with Gasteiger partial charge in [0, 0.05) is 11.4 Å². The molecule has 1 aromatic heterocycles. The maximum absolute atomic E-state index is 11.9. The number of carboxylic acid groups (broad SMARTS) is 1. The van der Waals surface area contributed by atoms with Crippen molar-refractivity contribution in [3.05, 3.63) is 22.4 Å². The van der Waals surface area contributed by atoms with Crippen molar-refractivity contribution in [3.8, 4) is 0 Å². The minimum absolute atomic E-state index is 0.0113. The molecule has 20 heavy (non-hydrogen) atoms. The maximum atomic E-state index is 11.9. The van der Waals surface area contributed by atoms with Crippen molar-refractivity contribution < 1.29 is 14.7 Å². The molecule has 1 aromatic rings. The Hall–Kier alpha value is -1.36. The summed E-state index contributed by atoms with van der Waals surface area (Å²) >= 11 is 1.57. The van der Waals surface area contributed by atoms with E-state index >= 15 is 0 Å². The maximum Gasteiger partial charge on any atom is 0.303 e. The zero-order valence-corrected chi connectivity index (χ0v) is 12.4. The predicted molar refractivity (Wildman–Crippen MR) is 78.8 cm³/mol. The van der Waals surface area contributed by atoms with Gasteiger partial charge in [0.25, 0.3) is 0 Å². The summed E-state index contributed by atoms with van der Waals surface area (Å²) < 4.78 is 0. The fraction of sp³-hybridized carbons (Fsp3) is 0.600. The van der Waals surface area contributed by atoms with Crippen molar-refractivity contribution in [2.24, 2.45) is 5.41 Å². The van der Waals surface area contributed by atoms with Gasteiger partial charge < -0.3 is 10.4 Å². The Balaban J connectivity index is 1.87. The van der Waals surface area contributed by atoms with Crippen molar-refractivity contribution in [2.45, 2.75) is 44.9 Å². The third-order valence-corrected chi connectivity index (χ3v) is 4.89. The molecule has 1 amide bonds. The summed E-state index contributed by atoms with van der Waals surface area (Å²) in [5.74, 6) is -0.776. The van der Waals surface area contributed by atoms with E-state index in [2.05, 4.69) is 5.32 Å². The number of aliphatic carboxylic acids is 1. The summed E-state index contributed by atoms with van der Waals surface area (Å²) in [6.45, 7) is 0.490. The lowest BCUT2D eigenvalue weighted by molar-refractivity contribution is -0.140. The van der Waals surface area contributed by atoms with Gasteiger partial charge in [0.05, 0.1) is 12.8 Å². The molecule has 2 N–H and O–H groups in total. The van der Waals surface area contributed by atoms with Crippen molar-refractivity contribution in [3.63, 3.8) is 0 Å². The molecule has 0 atom stereocenters. The molecule has 1 aliphatic rings. The zero-order chi connectivity index (χ0) is 14.4. The summed E-state index contributed by atoms with van der Waals surface area (Å²) in [6, 6.07) is 3.87. The number of thiophene rings is 1. The molecule has 4 nitrogen and oxygen atoms in total. The largest absolute Gasteiger partial charge is 0.481 e. The minimum atomic E-state index is -0.764. The Kier molecular flexibility index (Phi) is 5.17. The second kappa shape index (κ2) is 6.88. The van der Waals surface area contributed by atoms with Gasteiger partial charge in [0.1, 0.15) is 0 Å². The minimum Gasteiger partial charge on any atom is -0.481 e. The normalized spacial score (nSPS) is 17.6. The van der Waals surface area contributed by atoms with E-state index in [1.165, 1.54) is 6.42 Å².